The number of rotatable bonds is 4. The number of aromatic nitrogens is 4. The molecule has 2 heterocycles. The van der Waals surface area contributed by atoms with Crippen LogP contribution in [0.2, 0.25) is 0 Å². The largest absolute Gasteiger partial charge is 0.352 e. The Bertz CT molecular complexity index is 1540. The van der Waals surface area contributed by atoms with E-state index >= 15 is 0 Å². The Morgan fingerprint density at radius 2 is 1.65 bits per heavy atom. The molecule has 0 aliphatic heterocycles. The lowest BCUT2D eigenvalue weighted by Gasteiger charge is -2.09. The Kier molecular flexibility index (Phi) is 4.51. The van der Waals surface area contributed by atoms with E-state index in [2.05, 4.69) is 5.10 Å². The molecule has 0 fully saturated rings. The second kappa shape index (κ2) is 7.36. The maximum absolute atomic E-state index is 13.3. The van der Waals surface area contributed by atoms with Gasteiger partial charge in [0, 0.05) is 0 Å². The molecule has 7 heteroatoms. The van der Waals surface area contributed by atoms with Crippen LogP contribution in [-0.4, -0.2) is 18.7 Å². The molecular weight excluding hydrogens is 395 g/mol. The van der Waals surface area contributed by atoms with Gasteiger partial charge in [-0.1, -0.05) is 54.1 Å². The van der Waals surface area contributed by atoms with Gasteiger partial charge >= 0.3 is 5.69 Å². The molecule has 0 aliphatic rings. The highest BCUT2D eigenvalue weighted by molar-refractivity contribution is 5.80. The van der Waals surface area contributed by atoms with Gasteiger partial charge in [0.2, 0.25) is 5.78 Å². The topological polar surface area (TPSA) is 61.3 Å². The van der Waals surface area contributed by atoms with Crippen LogP contribution in [0.3, 0.4) is 0 Å². The van der Waals surface area contributed by atoms with Crippen molar-refractivity contribution in [2.45, 2.75) is 20.0 Å². The third kappa shape index (κ3) is 3.34. The third-order valence-electron chi connectivity index (χ3n) is 5.35. The molecule has 3 aromatic carbocycles. The van der Waals surface area contributed by atoms with Gasteiger partial charge in [0.1, 0.15) is 5.82 Å². The third-order valence-corrected chi connectivity index (χ3v) is 5.35. The van der Waals surface area contributed by atoms with Gasteiger partial charge in [-0.25, -0.2) is 18.3 Å². The summed E-state index contributed by atoms with van der Waals surface area (Å²) in [6, 6.07) is 20.8. The predicted molar refractivity (Wildman–Crippen MR) is 117 cm³/mol. The van der Waals surface area contributed by atoms with E-state index in [9.17, 15) is 14.0 Å². The summed E-state index contributed by atoms with van der Waals surface area (Å²) in [7, 11) is 0. The molecule has 0 saturated carbocycles. The number of fused-ring (bicyclic) bond motifs is 3. The van der Waals surface area contributed by atoms with Gasteiger partial charge in [0.25, 0.3) is 5.56 Å². The van der Waals surface area contributed by atoms with Crippen LogP contribution in [0, 0.1) is 12.7 Å². The number of hydrogen-bond donors (Lipinski definition) is 0. The summed E-state index contributed by atoms with van der Waals surface area (Å²) in [6.45, 7) is 2.46. The Labute approximate surface area is 176 Å². The van der Waals surface area contributed by atoms with Crippen molar-refractivity contribution < 1.29 is 4.39 Å². The molecule has 154 valence electrons. The number of para-hydroxylation sites is 1. The number of hydrogen-bond acceptors (Lipinski definition) is 3. The molecule has 2 aromatic heterocycles. The van der Waals surface area contributed by atoms with E-state index in [1.165, 1.54) is 25.8 Å². The quantitative estimate of drug-likeness (QED) is 0.453. The van der Waals surface area contributed by atoms with Gasteiger partial charge in [-0.2, -0.15) is 0 Å². The van der Waals surface area contributed by atoms with Crippen LogP contribution in [0.15, 0.2) is 82.4 Å². The average Bonchev–Trinajstić information content (AvgIpc) is 3.08. The SMILES string of the molecule is Cc1cccc(Cn2nc3n(Cc4ccc(F)cc4)c(=O)c4ccccc4n3c2=O)c1. The van der Waals surface area contributed by atoms with Crippen molar-refractivity contribution in [2.75, 3.05) is 0 Å². The lowest BCUT2D eigenvalue weighted by Crippen LogP contribution is -2.27. The molecule has 5 aromatic rings. The zero-order chi connectivity index (χ0) is 21.5. The van der Waals surface area contributed by atoms with Crippen LogP contribution in [0.1, 0.15) is 16.7 Å². The fourth-order valence-electron chi connectivity index (χ4n) is 3.87. The molecule has 0 spiro atoms. The van der Waals surface area contributed by atoms with Crippen molar-refractivity contribution in [3.63, 3.8) is 0 Å². The number of aryl methyl sites for hydroxylation is 1. The first-order valence-corrected chi connectivity index (χ1v) is 9.92. The molecule has 0 atom stereocenters. The maximum atomic E-state index is 13.3. The molecule has 0 bridgehead atoms. The summed E-state index contributed by atoms with van der Waals surface area (Å²) in [5.74, 6) is -0.0934. The number of benzene rings is 3. The predicted octanol–water partition coefficient (Wildman–Crippen LogP) is 3.36. The zero-order valence-corrected chi connectivity index (χ0v) is 16.8. The standard InChI is InChI=1S/C24H19FN4O2/c1-16-5-4-6-18(13-16)15-28-24(31)29-21-8-3-2-7-20(21)22(30)27(23(29)26-28)14-17-9-11-19(25)12-10-17/h2-13H,14-15H2,1H3. The van der Waals surface area contributed by atoms with Crippen LogP contribution in [0.5, 0.6) is 0 Å². The van der Waals surface area contributed by atoms with Crippen LogP contribution >= 0.6 is 0 Å². The van der Waals surface area contributed by atoms with E-state index in [0.717, 1.165) is 16.7 Å². The Balaban J connectivity index is 1.75. The fourth-order valence-corrected chi connectivity index (χ4v) is 3.87. The van der Waals surface area contributed by atoms with Crippen LogP contribution < -0.4 is 11.2 Å². The lowest BCUT2D eigenvalue weighted by molar-refractivity contribution is 0.626. The minimum absolute atomic E-state index is 0.175. The second-order valence-electron chi connectivity index (χ2n) is 7.60. The van der Waals surface area contributed by atoms with Crippen LogP contribution in [-0.2, 0) is 13.1 Å². The Hall–Kier alpha value is -4.00. The summed E-state index contributed by atoms with van der Waals surface area (Å²) in [4.78, 5) is 26.6. The van der Waals surface area contributed by atoms with Gasteiger partial charge in [-0.15, -0.1) is 5.10 Å². The summed E-state index contributed by atoms with van der Waals surface area (Å²) in [6.07, 6.45) is 0. The highest BCUT2D eigenvalue weighted by Crippen LogP contribution is 2.13. The molecule has 5 rings (SSSR count). The van der Waals surface area contributed by atoms with Crippen molar-refractivity contribution in [1.29, 1.82) is 0 Å². The molecule has 0 unspecified atom stereocenters. The average molecular weight is 414 g/mol. The first kappa shape index (κ1) is 19.0. The zero-order valence-electron chi connectivity index (χ0n) is 16.8. The molecule has 0 radical (unpaired) electrons. The first-order chi connectivity index (χ1) is 15.0. The molecule has 31 heavy (non-hydrogen) atoms. The van der Waals surface area contributed by atoms with Gasteiger partial charge < -0.3 is 0 Å². The van der Waals surface area contributed by atoms with E-state index in [1.807, 2.05) is 31.2 Å². The van der Waals surface area contributed by atoms with Crippen molar-refractivity contribution in [3.8, 4) is 0 Å². The second-order valence-corrected chi connectivity index (χ2v) is 7.60. The molecule has 0 amide bonds. The fraction of sp³-hybridized carbons (Fsp3) is 0.125. The smallest absolute Gasteiger partial charge is 0.272 e. The number of nitrogens with zero attached hydrogens (tertiary/aromatic N) is 4. The summed E-state index contributed by atoms with van der Waals surface area (Å²) >= 11 is 0. The van der Waals surface area contributed by atoms with Crippen LogP contribution in [0.25, 0.3) is 16.7 Å². The van der Waals surface area contributed by atoms with Crippen molar-refractivity contribution in [1.82, 2.24) is 18.7 Å². The van der Waals surface area contributed by atoms with Crippen LogP contribution in [0.4, 0.5) is 4.39 Å². The van der Waals surface area contributed by atoms with Crippen molar-refractivity contribution in [3.05, 3.63) is 116 Å². The first-order valence-electron chi connectivity index (χ1n) is 9.92. The monoisotopic (exact) mass is 414 g/mol. The van der Waals surface area contributed by atoms with E-state index in [4.69, 9.17) is 0 Å². The minimum Gasteiger partial charge on any atom is -0.272 e. The Morgan fingerprint density at radius 1 is 0.871 bits per heavy atom. The van der Waals surface area contributed by atoms with Crippen molar-refractivity contribution >= 4 is 16.7 Å². The summed E-state index contributed by atoms with van der Waals surface area (Å²) < 4.78 is 17.6. The highest BCUT2D eigenvalue weighted by Gasteiger charge is 2.17. The normalized spacial score (nSPS) is 11.4. The molecular formula is C24H19FN4O2. The minimum atomic E-state index is -0.349. The van der Waals surface area contributed by atoms with E-state index in [0.29, 0.717) is 17.4 Å². The van der Waals surface area contributed by atoms with Gasteiger partial charge in [0.05, 0.1) is 24.0 Å². The molecule has 0 N–H and O–H groups in total. The van der Waals surface area contributed by atoms with Gasteiger partial charge in [0.15, 0.2) is 0 Å². The lowest BCUT2D eigenvalue weighted by atomic mass is 10.1. The number of halogens is 1. The highest BCUT2D eigenvalue weighted by atomic mass is 19.1. The van der Waals surface area contributed by atoms with Gasteiger partial charge in [-0.3, -0.25) is 9.36 Å². The summed E-state index contributed by atoms with van der Waals surface area (Å²) in [5.41, 5.74) is 2.72. The van der Waals surface area contributed by atoms with E-state index in [-0.39, 0.29) is 29.4 Å². The van der Waals surface area contributed by atoms with Crippen molar-refractivity contribution in [2.24, 2.45) is 0 Å². The van der Waals surface area contributed by atoms with Gasteiger partial charge in [-0.05, 0) is 42.3 Å². The van der Waals surface area contributed by atoms with E-state index < -0.39 is 0 Å². The molecule has 0 aliphatic carbocycles. The maximum Gasteiger partial charge on any atom is 0.352 e. The molecule has 0 saturated heterocycles. The summed E-state index contributed by atoms with van der Waals surface area (Å²) in [5, 5.41) is 4.94. The Morgan fingerprint density at radius 3 is 2.42 bits per heavy atom. The van der Waals surface area contributed by atoms with E-state index in [1.54, 1.807) is 36.4 Å². The molecule has 6 nitrogen and oxygen atoms in total.